The lowest BCUT2D eigenvalue weighted by atomic mass is 9.94. The lowest BCUT2D eigenvalue weighted by Crippen LogP contribution is -2.48. The van der Waals surface area contributed by atoms with Gasteiger partial charge in [-0.25, -0.2) is 0 Å². The standard InChI is InChI=1S/C25H32N2O6/c1-32-19-11-6-8-17(16-19)22(24(30)26-18-9-4-3-5-10-18)27(14-15-28)25(31)20-12-7-13-21(33-2)23(20)29/h6-8,11-13,16,18,22,28-29H,3-5,9-10,14-15H2,1-2H3,(H,26,30). The zero-order chi connectivity index (χ0) is 23.8. The van der Waals surface area contributed by atoms with Crippen molar-refractivity contribution in [3.05, 3.63) is 53.6 Å². The molecular weight excluding hydrogens is 424 g/mol. The van der Waals surface area contributed by atoms with E-state index in [1.165, 1.54) is 31.3 Å². The molecule has 1 saturated carbocycles. The van der Waals surface area contributed by atoms with E-state index < -0.39 is 11.9 Å². The predicted molar refractivity (Wildman–Crippen MR) is 124 cm³/mol. The third-order valence-electron chi connectivity index (χ3n) is 5.97. The first kappa shape index (κ1) is 24.4. The number of nitrogens with zero attached hydrogens (tertiary/aromatic N) is 1. The molecular formula is C25H32N2O6. The molecule has 1 aliphatic carbocycles. The summed E-state index contributed by atoms with van der Waals surface area (Å²) in [4.78, 5) is 28.4. The van der Waals surface area contributed by atoms with Crippen LogP contribution in [0.25, 0.3) is 0 Å². The highest BCUT2D eigenvalue weighted by atomic mass is 16.5. The first-order chi connectivity index (χ1) is 16.0. The zero-order valence-electron chi connectivity index (χ0n) is 19.1. The van der Waals surface area contributed by atoms with Gasteiger partial charge in [-0.15, -0.1) is 0 Å². The van der Waals surface area contributed by atoms with Crippen LogP contribution in [-0.2, 0) is 4.79 Å². The van der Waals surface area contributed by atoms with Crippen molar-refractivity contribution in [2.45, 2.75) is 44.2 Å². The van der Waals surface area contributed by atoms with Crippen molar-refractivity contribution in [2.24, 2.45) is 0 Å². The van der Waals surface area contributed by atoms with Gasteiger partial charge < -0.3 is 29.9 Å². The number of phenols is 1. The van der Waals surface area contributed by atoms with Crippen molar-refractivity contribution in [2.75, 3.05) is 27.4 Å². The quantitative estimate of drug-likeness (QED) is 0.535. The van der Waals surface area contributed by atoms with Gasteiger partial charge in [0.1, 0.15) is 11.8 Å². The van der Waals surface area contributed by atoms with Gasteiger partial charge in [-0.1, -0.05) is 37.5 Å². The van der Waals surface area contributed by atoms with E-state index in [0.717, 1.165) is 32.1 Å². The van der Waals surface area contributed by atoms with Gasteiger partial charge in [-0.2, -0.15) is 0 Å². The molecule has 2 aromatic rings. The lowest BCUT2D eigenvalue weighted by Gasteiger charge is -2.33. The van der Waals surface area contributed by atoms with Crippen LogP contribution in [0.15, 0.2) is 42.5 Å². The summed E-state index contributed by atoms with van der Waals surface area (Å²) in [5, 5.41) is 23.4. The van der Waals surface area contributed by atoms with E-state index in [4.69, 9.17) is 9.47 Å². The number of hydrogen-bond donors (Lipinski definition) is 3. The molecule has 2 aromatic carbocycles. The number of aromatic hydroxyl groups is 1. The van der Waals surface area contributed by atoms with Crippen molar-refractivity contribution in [1.82, 2.24) is 10.2 Å². The van der Waals surface area contributed by atoms with Crippen LogP contribution in [0.1, 0.15) is 54.1 Å². The smallest absolute Gasteiger partial charge is 0.258 e. The van der Waals surface area contributed by atoms with Crippen molar-refractivity contribution in [1.29, 1.82) is 0 Å². The summed E-state index contributed by atoms with van der Waals surface area (Å²) in [7, 11) is 2.92. The summed E-state index contributed by atoms with van der Waals surface area (Å²) < 4.78 is 10.5. The fraction of sp³-hybridized carbons (Fsp3) is 0.440. The van der Waals surface area contributed by atoms with E-state index in [1.54, 1.807) is 30.3 Å². The Morgan fingerprint density at radius 3 is 2.48 bits per heavy atom. The molecule has 3 rings (SSSR count). The van der Waals surface area contributed by atoms with Gasteiger partial charge in [0.2, 0.25) is 5.91 Å². The van der Waals surface area contributed by atoms with Crippen LogP contribution in [0.5, 0.6) is 17.2 Å². The van der Waals surface area contributed by atoms with Crippen LogP contribution in [-0.4, -0.2) is 60.3 Å². The Hall–Kier alpha value is -3.26. The van der Waals surface area contributed by atoms with Crippen molar-refractivity contribution >= 4 is 11.8 Å². The average molecular weight is 457 g/mol. The minimum Gasteiger partial charge on any atom is -0.504 e. The molecule has 0 spiro atoms. The molecule has 1 fully saturated rings. The maximum atomic E-state index is 13.6. The van der Waals surface area contributed by atoms with E-state index in [1.807, 2.05) is 0 Å². The number of carbonyl (C=O) groups is 2. The van der Waals surface area contributed by atoms with Gasteiger partial charge in [0.25, 0.3) is 5.91 Å². The number of amides is 2. The molecule has 1 unspecified atom stereocenters. The van der Waals surface area contributed by atoms with Gasteiger partial charge in [-0.3, -0.25) is 9.59 Å². The Morgan fingerprint density at radius 2 is 1.82 bits per heavy atom. The van der Waals surface area contributed by atoms with Crippen LogP contribution >= 0.6 is 0 Å². The van der Waals surface area contributed by atoms with Crippen LogP contribution in [0.2, 0.25) is 0 Å². The zero-order valence-corrected chi connectivity index (χ0v) is 19.1. The molecule has 0 aromatic heterocycles. The summed E-state index contributed by atoms with van der Waals surface area (Å²) >= 11 is 0. The van der Waals surface area contributed by atoms with Gasteiger partial charge >= 0.3 is 0 Å². The number of methoxy groups -OCH3 is 2. The fourth-order valence-corrected chi connectivity index (χ4v) is 4.28. The third-order valence-corrected chi connectivity index (χ3v) is 5.97. The largest absolute Gasteiger partial charge is 0.504 e. The summed E-state index contributed by atoms with van der Waals surface area (Å²) in [5.41, 5.74) is 0.535. The molecule has 178 valence electrons. The van der Waals surface area contributed by atoms with Crippen LogP contribution < -0.4 is 14.8 Å². The first-order valence-electron chi connectivity index (χ1n) is 11.2. The van der Waals surface area contributed by atoms with Gasteiger partial charge in [-0.05, 0) is 42.7 Å². The molecule has 1 atom stereocenters. The molecule has 0 saturated heterocycles. The summed E-state index contributed by atoms with van der Waals surface area (Å²) in [5.74, 6) is -0.547. The van der Waals surface area contributed by atoms with Crippen LogP contribution in [0.3, 0.4) is 0 Å². The maximum Gasteiger partial charge on any atom is 0.258 e. The molecule has 0 radical (unpaired) electrons. The number of aliphatic hydroxyl groups is 1. The number of aliphatic hydroxyl groups excluding tert-OH is 1. The lowest BCUT2D eigenvalue weighted by molar-refractivity contribution is -0.127. The molecule has 1 aliphatic rings. The molecule has 33 heavy (non-hydrogen) atoms. The van der Waals surface area contributed by atoms with Crippen molar-refractivity contribution < 1.29 is 29.3 Å². The second-order valence-corrected chi connectivity index (χ2v) is 8.10. The van der Waals surface area contributed by atoms with Gasteiger partial charge in [0, 0.05) is 12.6 Å². The van der Waals surface area contributed by atoms with Gasteiger partial charge in [0.15, 0.2) is 11.5 Å². The van der Waals surface area contributed by atoms with Gasteiger partial charge in [0.05, 0.1) is 26.4 Å². The number of benzene rings is 2. The van der Waals surface area contributed by atoms with E-state index in [2.05, 4.69) is 5.32 Å². The van der Waals surface area contributed by atoms with E-state index in [0.29, 0.717) is 11.3 Å². The first-order valence-corrected chi connectivity index (χ1v) is 11.2. The highest BCUT2D eigenvalue weighted by Crippen LogP contribution is 2.33. The highest BCUT2D eigenvalue weighted by molar-refractivity contribution is 6.00. The van der Waals surface area contributed by atoms with E-state index in [-0.39, 0.29) is 42.2 Å². The predicted octanol–water partition coefficient (Wildman–Crippen LogP) is 3.03. The van der Waals surface area contributed by atoms with Crippen molar-refractivity contribution in [3.63, 3.8) is 0 Å². The minimum atomic E-state index is -1.02. The number of phenolic OH excluding ortho intramolecular Hbond substituents is 1. The SMILES string of the molecule is COc1cccc(C(C(=O)NC2CCCCC2)N(CCO)C(=O)c2cccc(OC)c2O)c1. The number of hydrogen-bond acceptors (Lipinski definition) is 6. The topological polar surface area (TPSA) is 108 Å². The normalized spacial score (nSPS) is 14.9. The molecule has 0 bridgehead atoms. The number of ether oxygens (including phenoxy) is 2. The Labute approximate surface area is 194 Å². The fourth-order valence-electron chi connectivity index (χ4n) is 4.28. The Morgan fingerprint density at radius 1 is 1.09 bits per heavy atom. The Balaban J connectivity index is 2.02. The molecule has 3 N–H and O–H groups in total. The average Bonchev–Trinajstić information content (AvgIpc) is 2.84. The van der Waals surface area contributed by atoms with Crippen LogP contribution in [0, 0.1) is 0 Å². The van der Waals surface area contributed by atoms with E-state index in [9.17, 15) is 19.8 Å². The highest BCUT2D eigenvalue weighted by Gasteiger charge is 2.34. The van der Waals surface area contributed by atoms with E-state index >= 15 is 0 Å². The number of nitrogens with one attached hydrogen (secondary N) is 1. The van der Waals surface area contributed by atoms with Crippen LogP contribution in [0.4, 0.5) is 0 Å². The molecule has 2 amide bonds. The summed E-state index contributed by atoms with van der Waals surface area (Å²) in [6.07, 6.45) is 5.02. The number of carbonyl (C=O) groups excluding carboxylic acids is 2. The molecule has 8 heteroatoms. The Kier molecular flexibility index (Phi) is 8.54. The van der Waals surface area contributed by atoms with Crippen molar-refractivity contribution in [3.8, 4) is 17.2 Å². The summed E-state index contributed by atoms with van der Waals surface area (Å²) in [6.45, 7) is -0.455. The monoisotopic (exact) mass is 456 g/mol. The summed E-state index contributed by atoms with van der Waals surface area (Å²) in [6, 6.07) is 10.6. The minimum absolute atomic E-state index is 0.0128. The maximum absolute atomic E-state index is 13.6. The molecule has 0 heterocycles. The number of rotatable bonds is 9. The third kappa shape index (κ3) is 5.76. The molecule has 0 aliphatic heterocycles. The Bertz CT molecular complexity index is 958. The number of para-hydroxylation sites is 1. The second kappa shape index (κ2) is 11.6. The molecule has 8 nitrogen and oxygen atoms in total. The second-order valence-electron chi connectivity index (χ2n) is 8.10.